The Labute approximate surface area is 197 Å². The summed E-state index contributed by atoms with van der Waals surface area (Å²) in [4.78, 5) is 0. The molecule has 3 heteroatoms. The third-order valence-corrected chi connectivity index (χ3v) is 6.00. The molecule has 0 heterocycles. The van der Waals surface area contributed by atoms with E-state index in [0.717, 1.165) is 0 Å². The van der Waals surface area contributed by atoms with E-state index in [-0.39, 0.29) is 0 Å². The maximum absolute atomic E-state index is 4.93. The zero-order valence-corrected chi connectivity index (χ0v) is 21.1. The van der Waals surface area contributed by atoms with Crippen LogP contribution in [0.1, 0.15) is 31.4 Å². The summed E-state index contributed by atoms with van der Waals surface area (Å²) in [6.45, 7) is 4.59. The predicted octanol–water partition coefficient (Wildman–Crippen LogP) is 9.03. The van der Waals surface area contributed by atoms with E-state index in [2.05, 4.69) is 99.1 Å². The summed E-state index contributed by atoms with van der Waals surface area (Å²) < 4.78 is 0. The molecule has 0 saturated carbocycles. The molecule has 30 heavy (non-hydrogen) atoms. The normalized spacial score (nSPS) is 13.4. The molecule has 1 aliphatic carbocycles. The van der Waals surface area contributed by atoms with Crippen molar-refractivity contribution in [2.24, 2.45) is 5.92 Å². The molecule has 0 aromatic heterocycles. The van der Waals surface area contributed by atoms with E-state index in [9.17, 15) is 0 Å². The van der Waals surface area contributed by atoms with E-state index in [1.165, 1.54) is 55.8 Å². The molecule has 1 radical (unpaired) electrons. The van der Waals surface area contributed by atoms with Crippen LogP contribution in [0.3, 0.4) is 0 Å². The maximum atomic E-state index is 4.93. The molecule has 1 aliphatic rings. The van der Waals surface area contributed by atoms with Gasteiger partial charge in [0.2, 0.25) is 0 Å². The monoisotopic (exact) mass is 507 g/mol. The number of benzene rings is 4. The van der Waals surface area contributed by atoms with Gasteiger partial charge in [-0.15, -0.1) is 0 Å². The molecule has 0 N–H and O–H groups in total. The summed E-state index contributed by atoms with van der Waals surface area (Å²) in [5, 5.41) is 5.26. The van der Waals surface area contributed by atoms with Gasteiger partial charge < -0.3 is 0 Å². The van der Waals surface area contributed by atoms with Gasteiger partial charge in [0.25, 0.3) is 0 Å². The van der Waals surface area contributed by atoms with Gasteiger partial charge in [-0.25, -0.2) is 0 Å². The van der Waals surface area contributed by atoms with Crippen LogP contribution < -0.4 is 0 Å². The first kappa shape index (κ1) is 21.8. The van der Waals surface area contributed by atoms with Crippen LogP contribution in [0.4, 0.5) is 0 Å². The van der Waals surface area contributed by atoms with Gasteiger partial charge in [-0.3, -0.25) is 0 Å². The van der Waals surface area contributed by atoms with Crippen LogP contribution in [0.5, 0.6) is 0 Å². The fraction of sp³-hybridized carbons (Fsp3) is 0.148. The first-order valence-electron chi connectivity index (χ1n) is 10.2. The van der Waals surface area contributed by atoms with Crippen molar-refractivity contribution in [1.82, 2.24) is 0 Å². The second kappa shape index (κ2) is 9.82. The van der Waals surface area contributed by atoms with Gasteiger partial charge in [-0.1, -0.05) is 92.2 Å². The Balaban J connectivity index is 0.000000687. The minimum absolute atomic E-state index is 0.592. The van der Waals surface area contributed by atoms with Gasteiger partial charge in [0.1, 0.15) is 0 Å². The zero-order chi connectivity index (χ0) is 21.1. The van der Waals surface area contributed by atoms with Crippen LogP contribution >= 0.6 is 17.0 Å². The minimum atomic E-state index is -0.826. The molecule has 149 valence electrons. The number of halogens is 2. The molecule has 1 unspecified atom stereocenters. The van der Waals surface area contributed by atoms with E-state index in [1.807, 2.05) is 0 Å². The third-order valence-electron chi connectivity index (χ3n) is 6.00. The second-order valence-electron chi connectivity index (χ2n) is 7.67. The van der Waals surface area contributed by atoms with Crippen LogP contribution in [0.25, 0.3) is 38.7 Å². The number of hydrogen-bond donors (Lipinski definition) is 0. The van der Waals surface area contributed by atoms with Gasteiger partial charge >= 0.3 is 37.9 Å². The summed E-state index contributed by atoms with van der Waals surface area (Å²) in [6, 6.07) is 26.6. The van der Waals surface area contributed by atoms with Crippen molar-refractivity contribution in [3.05, 3.63) is 95.9 Å². The molecule has 0 aliphatic heterocycles. The first-order valence-corrected chi connectivity index (χ1v) is 16.6. The molecular formula is C27H23Cl2Zr. The first-order chi connectivity index (χ1) is 14.7. The second-order valence-corrected chi connectivity index (χ2v) is 11.4. The SMILES string of the molecule is CCC(C)C1=Cc2c(cccc2-c2c3ccccc3cc3ccccc23)[CH]1.[Cl][Zr][Cl]. The number of fused-ring (bicyclic) bond motifs is 3. The van der Waals surface area contributed by atoms with Gasteiger partial charge in [0, 0.05) is 6.42 Å². The molecule has 5 rings (SSSR count). The summed E-state index contributed by atoms with van der Waals surface area (Å²) in [5.41, 5.74) is 6.87. The Bertz CT molecular complexity index is 1170. The van der Waals surface area contributed by atoms with Crippen molar-refractivity contribution < 1.29 is 20.8 Å². The number of hydrogen-bond acceptors (Lipinski definition) is 0. The Morgan fingerprint density at radius 3 is 2.03 bits per heavy atom. The molecule has 1 atom stereocenters. The molecule has 0 amide bonds. The number of allylic oxidation sites excluding steroid dienone is 1. The Hall–Kier alpha value is -1.40. The van der Waals surface area contributed by atoms with Crippen LogP contribution in [-0.4, -0.2) is 0 Å². The standard InChI is InChI=1S/C27H23.2ClH.Zr/c1-3-18(2)22-16-21-11-8-14-25(26(21)17-22)27-23-12-6-4-9-19(23)15-20-10-5-7-13-24(20)27;;;/h4-18H,3H2,1-2H3;2*1H;/q;;;+2/p-2. The van der Waals surface area contributed by atoms with E-state index in [0.29, 0.717) is 5.92 Å². The van der Waals surface area contributed by atoms with Crippen molar-refractivity contribution >= 4 is 44.6 Å². The van der Waals surface area contributed by atoms with Crippen LogP contribution in [0.2, 0.25) is 0 Å². The average molecular weight is 510 g/mol. The topological polar surface area (TPSA) is 0 Å². The van der Waals surface area contributed by atoms with Crippen LogP contribution in [0, 0.1) is 12.3 Å². The van der Waals surface area contributed by atoms with Crippen molar-refractivity contribution in [2.75, 3.05) is 0 Å². The fourth-order valence-electron chi connectivity index (χ4n) is 4.30. The van der Waals surface area contributed by atoms with E-state index < -0.39 is 20.8 Å². The summed E-state index contributed by atoms with van der Waals surface area (Å²) in [6.07, 6.45) is 5.96. The Kier molecular flexibility index (Phi) is 7.14. The molecule has 4 aromatic rings. The van der Waals surface area contributed by atoms with Gasteiger partial charge in [0.05, 0.1) is 0 Å². The van der Waals surface area contributed by atoms with Crippen molar-refractivity contribution in [2.45, 2.75) is 20.3 Å². The van der Waals surface area contributed by atoms with Crippen LogP contribution in [0.15, 0.2) is 78.4 Å². The summed E-state index contributed by atoms with van der Waals surface area (Å²) >= 11 is -0.826. The van der Waals surface area contributed by atoms with Crippen molar-refractivity contribution in [3.63, 3.8) is 0 Å². The van der Waals surface area contributed by atoms with E-state index in [1.54, 1.807) is 0 Å². The van der Waals surface area contributed by atoms with Gasteiger partial charge in [-0.2, -0.15) is 0 Å². The number of rotatable bonds is 3. The average Bonchev–Trinajstić information content (AvgIpc) is 3.22. The molecule has 0 bridgehead atoms. The van der Waals surface area contributed by atoms with Crippen LogP contribution in [-0.2, 0) is 20.8 Å². The molecule has 0 fully saturated rings. The molecular weight excluding hydrogens is 486 g/mol. The molecule has 4 aromatic carbocycles. The summed E-state index contributed by atoms with van der Waals surface area (Å²) in [5.74, 6) is 0.592. The van der Waals surface area contributed by atoms with Gasteiger partial charge in [-0.05, 0) is 62.2 Å². The molecule has 0 saturated heterocycles. The zero-order valence-electron chi connectivity index (χ0n) is 17.1. The fourth-order valence-corrected chi connectivity index (χ4v) is 4.30. The predicted molar refractivity (Wildman–Crippen MR) is 129 cm³/mol. The molecule has 0 nitrogen and oxygen atoms in total. The van der Waals surface area contributed by atoms with Crippen molar-refractivity contribution in [3.8, 4) is 11.1 Å². The Morgan fingerprint density at radius 1 is 0.833 bits per heavy atom. The Morgan fingerprint density at radius 2 is 1.43 bits per heavy atom. The summed E-state index contributed by atoms with van der Waals surface area (Å²) in [7, 11) is 9.87. The van der Waals surface area contributed by atoms with Crippen molar-refractivity contribution in [1.29, 1.82) is 0 Å². The molecule has 0 spiro atoms. The third kappa shape index (κ3) is 4.18. The quantitative estimate of drug-likeness (QED) is 0.242. The van der Waals surface area contributed by atoms with E-state index >= 15 is 0 Å². The van der Waals surface area contributed by atoms with Gasteiger partial charge in [0.15, 0.2) is 0 Å². The van der Waals surface area contributed by atoms with E-state index in [4.69, 9.17) is 17.0 Å².